The molecule has 1 saturated carbocycles. The molecule has 2 rings (SSSR count). The van der Waals surface area contributed by atoms with Crippen LogP contribution in [0.3, 0.4) is 0 Å². The molecular formula is C18H30N2O. The fourth-order valence-corrected chi connectivity index (χ4v) is 3.94. The summed E-state index contributed by atoms with van der Waals surface area (Å²) in [6.45, 7) is 4.48. The summed E-state index contributed by atoms with van der Waals surface area (Å²) in [4.78, 5) is 2.36. The van der Waals surface area contributed by atoms with Crippen LogP contribution in [0, 0.1) is 12.8 Å². The van der Waals surface area contributed by atoms with Gasteiger partial charge in [-0.25, -0.2) is 0 Å². The van der Waals surface area contributed by atoms with Crippen LogP contribution in [0.1, 0.15) is 49.8 Å². The lowest BCUT2D eigenvalue weighted by Gasteiger charge is -2.49. The number of nitrogens with two attached hydrogens (primary N) is 1. The molecule has 1 fully saturated rings. The van der Waals surface area contributed by atoms with E-state index in [0.29, 0.717) is 0 Å². The Morgan fingerprint density at radius 3 is 2.62 bits per heavy atom. The van der Waals surface area contributed by atoms with Crippen molar-refractivity contribution in [2.75, 3.05) is 21.2 Å². The molecule has 1 aliphatic carbocycles. The first kappa shape index (κ1) is 16.3. The van der Waals surface area contributed by atoms with E-state index in [-0.39, 0.29) is 11.6 Å². The van der Waals surface area contributed by atoms with Gasteiger partial charge in [0.25, 0.3) is 0 Å². The van der Waals surface area contributed by atoms with Crippen molar-refractivity contribution in [2.45, 2.75) is 51.1 Å². The number of hydrogen-bond acceptors (Lipinski definition) is 3. The van der Waals surface area contributed by atoms with Crippen LogP contribution in [0.4, 0.5) is 0 Å². The van der Waals surface area contributed by atoms with Gasteiger partial charge in [-0.3, -0.25) is 0 Å². The van der Waals surface area contributed by atoms with Gasteiger partial charge >= 0.3 is 0 Å². The van der Waals surface area contributed by atoms with Crippen molar-refractivity contribution in [3.63, 3.8) is 0 Å². The Balaban J connectivity index is 2.37. The Morgan fingerprint density at radius 1 is 1.38 bits per heavy atom. The van der Waals surface area contributed by atoms with Gasteiger partial charge in [0, 0.05) is 11.6 Å². The molecule has 3 unspecified atom stereocenters. The van der Waals surface area contributed by atoms with Crippen LogP contribution < -0.4 is 10.5 Å². The quantitative estimate of drug-likeness (QED) is 0.922. The van der Waals surface area contributed by atoms with Gasteiger partial charge in [-0.2, -0.15) is 0 Å². The molecule has 1 aliphatic rings. The molecular weight excluding hydrogens is 260 g/mol. The maximum absolute atomic E-state index is 6.78. The zero-order valence-electron chi connectivity index (χ0n) is 14.1. The third-order valence-electron chi connectivity index (χ3n) is 5.29. The normalized spacial score (nSPS) is 27.7. The molecule has 0 saturated heterocycles. The van der Waals surface area contributed by atoms with E-state index >= 15 is 0 Å². The van der Waals surface area contributed by atoms with E-state index in [2.05, 4.69) is 45.0 Å². The number of hydrogen-bond donors (Lipinski definition) is 1. The number of nitrogens with zero attached hydrogens (tertiary/aromatic N) is 1. The van der Waals surface area contributed by atoms with E-state index in [1.165, 1.54) is 36.8 Å². The monoisotopic (exact) mass is 290 g/mol. The van der Waals surface area contributed by atoms with Crippen molar-refractivity contribution in [1.29, 1.82) is 0 Å². The molecule has 0 bridgehead atoms. The van der Waals surface area contributed by atoms with Crippen molar-refractivity contribution < 1.29 is 4.74 Å². The minimum Gasteiger partial charge on any atom is -0.497 e. The average molecular weight is 290 g/mol. The van der Waals surface area contributed by atoms with E-state index in [0.717, 1.165) is 11.7 Å². The molecule has 1 aromatic rings. The number of benzene rings is 1. The van der Waals surface area contributed by atoms with E-state index < -0.39 is 0 Å². The first-order valence-electron chi connectivity index (χ1n) is 7.98. The van der Waals surface area contributed by atoms with Gasteiger partial charge in [-0.1, -0.05) is 25.8 Å². The summed E-state index contributed by atoms with van der Waals surface area (Å²) < 4.78 is 5.31. The Morgan fingerprint density at radius 2 is 2.10 bits per heavy atom. The van der Waals surface area contributed by atoms with Gasteiger partial charge in [0.2, 0.25) is 0 Å². The molecule has 0 aromatic heterocycles. The maximum Gasteiger partial charge on any atom is 0.119 e. The number of rotatable bonds is 4. The Bertz CT molecular complexity index is 486. The first-order chi connectivity index (χ1) is 9.90. The zero-order valence-corrected chi connectivity index (χ0v) is 14.1. The van der Waals surface area contributed by atoms with Crippen LogP contribution in [0.15, 0.2) is 18.2 Å². The summed E-state index contributed by atoms with van der Waals surface area (Å²) in [5.41, 5.74) is 9.32. The molecule has 3 atom stereocenters. The summed E-state index contributed by atoms with van der Waals surface area (Å²) in [5, 5.41) is 0. The Labute approximate surface area is 129 Å². The Kier molecular flexibility index (Phi) is 4.95. The third-order valence-corrected chi connectivity index (χ3v) is 5.29. The summed E-state index contributed by atoms with van der Waals surface area (Å²) in [6, 6.07) is 6.30. The second-order valence-electron chi connectivity index (χ2n) is 6.90. The molecule has 2 N–H and O–H groups in total. The van der Waals surface area contributed by atoms with Gasteiger partial charge in [0.05, 0.1) is 7.11 Å². The van der Waals surface area contributed by atoms with Crippen molar-refractivity contribution in [2.24, 2.45) is 11.7 Å². The van der Waals surface area contributed by atoms with Gasteiger partial charge in [-0.05, 0) is 63.0 Å². The van der Waals surface area contributed by atoms with Gasteiger partial charge < -0.3 is 15.4 Å². The smallest absolute Gasteiger partial charge is 0.119 e. The molecule has 3 heteroatoms. The topological polar surface area (TPSA) is 38.5 Å². The minimum atomic E-state index is 0.0427. The minimum absolute atomic E-state index is 0.0427. The summed E-state index contributed by atoms with van der Waals surface area (Å²) in [5.74, 6) is 1.64. The molecule has 21 heavy (non-hydrogen) atoms. The van der Waals surface area contributed by atoms with Gasteiger partial charge in [0.15, 0.2) is 0 Å². The third kappa shape index (κ3) is 3.09. The largest absolute Gasteiger partial charge is 0.497 e. The van der Waals surface area contributed by atoms with Gasteiger partial charge in [0.1, 0.15) is 5.75 Å². The molecule has 0 spiro atoms. The highest BCUT2D eigenvalue weighted by Gasteiger charge is 2.43. The van der Waals surface area contributed by atoms with Crippen molar-refractivity contribution in [3.05, 3.63) is 29.3 Å². The van der Waals surface area contributed by atoms with Crippen LogP contribution in [0.5, 0.6) is 5.75 Å². The molecule has 3 nitrogen and oxygen atoms in total. The van der Waals surface area contributed by atoms with Crippen molar-refractivity contribution in [1.82, 2.24) is 4.90 Å². The predicted octanol–water partition coefficient (Wildman–Crippen LogP) is 3.51. The second-order valence-corrected chi connectivity index (χ2v) is 6.90. The van der Waals surface area contributed by atoms with E-state index in [9.17, 15) is 0 Å². The lowest BCUT2D eigenvalue weighted by atomic mass is 9.69. The van der Waals surface area contributed by atoms with Crippen molar-refractivity contribution in [3.8, 4) is 5.75 Å². The maximum atomic E-state index is 6.78. The molecule has 0 heterocycles. The van der Waals surface area contributed by atoms with E-state index in [1.807, 2.05) is 6.07 Å². The van der Waals surface area contributed by atoms with Crippen LogP contribution >= 0.6 is 0 Å². The summed E-state index contributed by atoms with van der Waals surface area (Å²) in [7, 11) is 6.06. The molecule has 1 aromatic carbocycles. The lowest BCUT2D eigenvalue weighted by Crippen LogP contribution is -2.54. The second kappa shape index (κ2) is 6.37. The van der Waals surface area contributed by atoms with Crippen LogP contribution in [0.25, 0.3) is 0 Å². The number of aryl methyl sites for hydroxylation is 1. The van der Waals surface area contributed by atoms with Gasteiger partial charge in [-0.15, -0.1) is 0 Å². The summed E-state index contributed by atoms with van der Waals surface area (Å²) in [6.07, 6.45) is 4.94. The van der Waals surface area contributed by atoms with Crippen LogP contribution in [-0.4, -0.2) is 31.6 Å². The summed E-state index contributed by atoms with van der Waals surface area (Å²) >= 11 is 0. The standard InChI is InChI=1S/C18H30N2O/c1-13-7-6-10-18(12-13,20(3)4)17(19)16-9-8-15(21-5)11-14(16)2/h8-9,11,13,17H,6-7,10,12,19H2,1-5H3. The average Bonchev–Trinajstić information content (AvgIpc) is 2.46. The van der Waals surface area contributed by atoms with Crippen LogP contribution in [0.2, 0.25) is 0 Å². The SMILES string of the molecule is COc1ccc(C(N)C2(N(C)C)CCCC(C)C2)c(C)c1. The van der Waals surface area contributed by atoms with E-state index in [4.69, 9.17) is 10.5 Å². The molecule has 118 valence electrons. The molecule has 0 aliphatic heterocycles. The molecule has 0 amide bonds. The van der Waals surface area contributed by atoms with E-state index in [1.54, 1.807) is 7.11 Å². The highest BCUT2D eigenvalue weighted by atomic mass is 16.5. The fourth-order valence-electron chi connectivity index (χ4n) is 3.94. The van der Waals surface area contributed by atoms with Crippen molar-refractivity contribution >= 4 is 0 Å². The fraction of sp³-hybridized carbons (Fsp3) is 0.667. The first-order valence-corrected chi connectivity index (χ1v) is 7.98. The zero-order chi connectivity index (χ0) is 15.6. The van der Waals surface area contributed by atoms with Crippen LogP contribution in [-0.2, 0) is 0 Å². The highest BCUT2D eigenvalue weighted by Crippen LogP contribution is 2.43. The number of likely N-dealkylation sites (N-methyl/N-ethyl adjacent to an activating group) is 1. The molecule has 0 radical (unpaired) electrons. The lowest BCUT2D eigenvalue weighted by molar-refractivity contribution is 0.0497. The Hall–Kier alpha value is -1.06. The number of ether oxygens (including phenoxy) is 1. The number of methoxy groups -OCH3 is 1. The highest BCUT2D eigenvalue weighted by molar-refractivity contribution is 5.38. The predicted molar refractivity (Wildman–Crippen MR) is 88.7 cm³/mol.